The van der Waals surface area contributed by atoms with Crippen LogP contribution in [-0.2, 0) is 12.8 Å². The number of halogens is 1. The van der Waals surface area contributed by atoms with E-state index in [0.717, 1.165) is 35.7 Å². The zero-order valence-corrected chi connectivity index (χ0v) is 20.7. The normalized spacial score (nSPS) is 10.3. The Morgan fingerprint density at radius 1 is 0.677 bits per heavy atom. The monoisotopic (exact) mass is 456 g/mol. The van der Waals surface area contributed by atoms with Gasteiger partial charge in [-0.1, -0.05) is 87.9 Å². The molecule has 3 aromatic carbocycles. The molecule has 0 saturated heterocycles. The van der Waals surface area contributed by atoms with Crippen LogP contribution < -0.4 is 0 Å². The first-order chi connectivity index (χ1) is 14.2. The number of aryl methyl sites for hydroxylation is 2. The van der Waals surface area contributed by atoms with Gasteiger partial charge in [-0.3, -0.25) is 0 Å². The molecule has 0 bridgehead atoms. The lowest BCUT2D eigenvalue weighted by Crippen LogP contribution is -1.90. The van der Waals surface area contributed by atoms with E-state index < -0.39 is 0 Å². The van der Waals surface area contributed by atoms with E-state index >= 15 is 0 Å². The minimum Gasteiger partial charge on any atom is -0.206 e. The average Bonchev–Trinajstić information content (AvgIpc) is 2.75. The summed E-state index contributed by atoms with van der Waals surface area (Å²) in [7, 11) is 2.78. The van der Waals surface area contributed by atoms with Gasteiger partial charge in [-0.25, -0.2) is 4.39 Å². The molecule has 0 amide bonds. The van der Waals surface area contributed by atoms with E-state index in [1.807, 2.05) is 24.3 Å². The molecule has 0 aliphatic carbocycles. The summed E-state index contributed by atoms with van der Waals surface area (Å²) in [6.07, 6.45) is 9.52. The van der Waals surface area contributed by atoms with E-state index in [-0.39, 0.29) is 23.1 Å². The number of benzene rings is 3. The molecule has 168 valence electrons. The third-order valence-electron chi connectivity index (χ3n) is 5.51. The maximum atomic E-state index is 14.9. The van der Waals surface area contributed by atoms with Crippen molar-refractivity contribution in [3.8, 4) is 22.3 Å². The Morgan fingerprint density at radius 2 is 1.19 bits per heavy atom. The number of hydrogen-bond acceptors (Lipinski definition) is 0. The first-order valence-electron chi connectivity index (χ1n) is 10.9. The molecule has 0 N–H and O–H groups in total. The highest BCUT2D eigenvalue weighted by Gasteiger charge is 2.08. The van der Waals surface area contributed by atoms with Crippen LogP contribution >= 0.6 is 19.1 Å². The molecule has 0 aliphatic heterocycles. The van der Waals surface area contributed by atoms with E-state index in [1.54, 1.807) is 6.07 Å². The molecule has 0 spiro atoms. The predicted octanol–water partition coefficient (Wildman–Crippen LogP) is 8.78. The van der Waals surface area contributed by atoms with Crippen LogP contribution in [0.3, 0.4) is 0 Å². The SMILES string of the molecule is C.CCCCCc1ccc(-c2ccc(-c3ccc(CCCCP)cc3)c(F)c2)cc1.P. The second kappa shape index (κ2) is 14.5. The van der Waals surface area contributed by atoms with Gasteiger partial charge in [-0.15, -0.1) is 9.24 Å². The van der Waals surface area contributed by atoms with Crippen molar-refractivity contribution in [3.63, 3.8) is 0 Å². The van der Waals surface area contributed by atoms with Gasteiger partial charge in [0.15, 0.2) is 0 Å². The van der Waals surface area contributed by atoms with Gasteiger partial charge < -0.3 is 0 Å². The minimum atomic E-state index is -0.162. The molecule has 0 nitrogen and oxygen atoms in total. The Labute approximate surface area is 194 Å². The zero-order valence-electron chi connectivity index (χ0n) is 18.2. The summed E-state index contributed by atoms with van der Waals surface area (Å²) >= 11 is 0. The highest BCUT2D eigenvalue weighted by molar-refractivity contribution is 7.16. The molecule has 0 heterocycles. The first kappa shape index (κ1) is 27.5. The van der Waals surface area contributed by atoms with Crippen LogP contribution in [-0.4, -0.2) is 6.16 Å². The Kier molecular flexibility index (Phi) is 12.9. The van der Waals surface area contributed by atoms with E-state index in [2.05, 4.69) is 52.6 Å². The van der Waals surface area contributed by atoms with Crippen LogP contribution in [0.2, 0.25) is 0 Å². The van der Waals surface area contributed by atoms with E-state index in [4.69, 9.17) is 0 Å². The molecular weight excluding hydrogens is 417 g/mol. The Morgan fingerprint density at radius 3 is 1.71 bits per heavy atom. The molecular formula is C28H39FP2. The maximum Gasteiger partial charge on any atom is 0.131 e. The second-order valence-corrected chi connectivity index (χ2v) is 8.37. The Balaban J connectivity index is 0.00000240. The molecule has 0 fully saturated rings. The van der Waals surface area contributed by atoms with Gasteiger partial charge in [0, 0.05) is 5.56 Å². The summed E-state index contributed by atoms with van der Waals surface area (Å²) in [4.78, 5) is 0. The Hall–Kier alpha value is -1.55. The fourth-order valence-electron chi connectivity index (χ4n) is 3.70. The van der Waals surface area contributed by atoms with E-state index in [0.29, 0.717) is 5.56 Å². The lowest BCUT2D eigenvalue weighted by molar-refractivity contribution is 0.632. The van der Waals surface area contributed by atoms with Gasteiger partial charge >= 0.3 is 0 Å². The molecule has 0 aliphatic rings. The predicted molar refractivity (Wildman–Crippen MR) is 146 cm³/mol. The standard InChI is InChI=1S/C27H32FP.CH4.H3P/c1-2-3-4-7-21-9-13-23(14-10-21)25-17-18-26(27(28)20-25)24-15-11-22(12-16-24)8-5-6-19-29;;/h9-18,20H,2-8,19,29H2,1H3;1H4;1H3. The van der Waals surface area contributed by atoms with Gasteiger partial charge in [0.1, 0.15) is 5.82 Å². The second-order valence-electron chi connectivity index (χ2n) is 7.79. The fourth-order valence-corrected chi connectivity index (χ4v) is 3.98. The summed E-state index contributed by atoms with van der Waals surface area (Å²) in [5.74, 6) is -0.162. The van der Waals surface area contributed by atoms with E-state index in [1.165, 1.54) is 43.2 Å². The molecule has 2 unspecified atom stereocenters. The van der Waals surface area contributed by atoms with Gasteiger partial charge in [-0.05, 0) is 72.1 Å². The maximum absolute atomic E-state index is 14.9. The van der Waals surface area contributed by atoms with Crippen molar-refractivity contribution < 1.29 is 4.39 Å². The van der Waals surface area contributed by atoms with Gasteiger partial charge in [-0.2, -0.15) is 9.90 Å². The van der Waals surface area contributed by atoms with Crippen molar-refractivity contribution >= 4 is 19.1 Å². The quantitative estimate of drug-likeness (QED) is 0.211. The highest BCUT2D eigenvalue weighted by Crippen LogP contribution is 2.29. The topological polar surface area (TPSA) is 0 Å². The molecule has 2 atom stereocenters. The number of hydrogen-bond donors (Lipinski definition) is 0. The van der Waals surface area contributed by atoms with Gasteiger partial charge in [0.05, 0.1) is 0 Å². The Bertz CT molecular complexity index is 886. The van der Waals surface area contributed by atoms with Crippen molar-refractivity contribution in [2.75, 3.05) is 6.16 Å². The van der Waals surface area contributed by atoms with Gasteiger partial charge in [0.25, 0.3) is 0 Å². The minimum absolute atomic E-state index is 0. The average molecular weight is 457 g/mol. The van der Waals surface area contributed by atoms with Crippen molar-refractivity contribution in [3.05, 3.63) is 83.7 Å². The molecule has 0 aromatic heterocycles. The third-order valence-corrected chi connectivity index (χ3v) is 5.92. The lowest BCUT2D eigenvalue weighted by Gasteiger charge is -2.09. The van der Waals surface area contributed by atoms with Crippen LogP contribution in [0.1, 0.15) is 57.6 Å². The summed E-state index contributed by atoms with van der Waals surface area (Å²) in [5.41, 5.74) is 6.29. The van der Waals surface area contributed by atoms with Crippen molar-refractivity contribution in [2.45, 2.75) is 59.3 Å². The van der Waals surface area contributed by atoms with Crippen LogP contribution in [0.4, 0.5) is 4.39 Å². The number of unbranched alkanes of at least 4 members (excludes halogenated alkanes) is 3. The smallest absolute Gasteiger partial charge is 0.131 e. The van der Waals surface area contributed by atoms with Crippen molar-refractivity contribution in [2.24, 2.45) is 0 Å². The molecule has 31 heavy (non-hydrogen) atoms. The van der Waals surface area contributed by atoms with Crippen molar-refractivity contribution in [1.29, 1.82) is 0 Å². The van der Waals surface area contributed by atoms with Crippen LogP contribution in [0.5, 0.6) is 0 Å². The zero-order chi connectivity index (χ0) is 20.5. The van der Waals surface area contributed by atoms with Gasteiger partial charge in [0.2, 0.25) is 0 Å². The van der Waals surface area contributed by atoms with E-state index in [9.17, 15) is 4.39 Å². The van der Waals surface area contributed by atoms with Crippen LogP contribution in [0.25, 0.3) is 22.3 Å². The summed E-state index contributed by atoms with van der Waals surface area (Å²) in [6.45, 7) is 2.22. The van der Waals surface area contributed by atoms with Crippen molar-refractivity contribution in [1.82, 2.24) is 0 Å². The van der Waals surface area contributed by atoms with Crippen LogP contribution in [0, 0.1) is 5.82 Å². The fraction of sp³-hybridized carbons (Fsp3) is 0.357. The summed E-state index contributed by atoms with van der Waals surface area (Å²) in [6, 6.07) is 22.5. The molecule has 0 radical (unpaired) electrons. The summed E-state index contributed by atoms with van der Waals surface area (Å²) in [5, 5.41) is 0. The molecule has 3 aromatic rings. The molecule has 0 saturated carbocycles. The van der Waals surface area contributed by atoms with Crippen LogP contribution in [0.15, 0.2) is 66.7 Å². The first-order valence-corrected chi connectivity index (χ1v) is 11.7. The number of rotatable bonds is 10. The largest absolute Gasteiger partial charge is 0.206 e. The highest BCUT2D eigenvalue weighted by atomic mass is 31.0. The third kappa shape index (κ3) is 8.14. The summed E-state index contributed by atoms with van der Waals surface area (Å²) < 4.78 is 14.9. The lowest BCUT2D eigenvalue weighted by atomic mass is 9.97. The molecule has 3 rings (SSSR count). The molecule has 3 heteroatoms.